The molecule has 0 spiro atoms. The molecule has 0 bridgehead atoms. The van der Waals surface area contributed by atoms with Gasteiger partial charge in [-0.2, -0.15) is 0 Å². The number of fused-ring (bicyclic) bond motifs is 4. The van der Waals surface area contributed by atoms with E-state index >= 15 is 0 Å². The Hall–Kier alpha value is -3.25. The second-order valence-electron chi connectivity index (χ2n) is 10.6. The molecule has 0 saturated heterocycles. The van der Waals surface area contributed by atoms with E-state index in [4.69, 9.17) is 0 Å². The molecule has 8 rings (SSSR count). The summed E-state index contributed by atoms with van der Waals surface area (Å²) in [6.45, 7) is 0. The summed E-state index contributed by atoms with van der Waals surface area (Å²) in [4.78, 5) is 0. The number of allylic oxidation sites excluding steroid dienone is 4. The molecule has 38 heavy (non-hydrogen) atoms. The lowest BCUT2D eigenvalue weighted by Gasteiger charge is -2.45. The van der Waals surface area contributed by atoms with Crippen LogP contribution in [0.1, 0.15) is 67.1 Å². The molecule has 4 aliphatic rings. The standard InChI is InChI=1S/C36H28P.BrH/c1-5-13-29-25(9-1)17-21-33(29)37(34-22-18-26-10-2-6-14-30(26)34,35-23-19-27-11-3-7-15-31(27)35)36-24-20-28-12-4-8-16-32(28)36;/h1-24,33-36H;1H/q+1;/p-1. The summed E-state index contributed by atoms with van der Waals surface area (Å²) >= 11 is 0. The molecule has 0 radical (unpaired) electrons. The fraction of sp³-hybridized carbons (Fsp3) is 0.111. The molecule has 4 aromatic rings. The SMILES string of the molecule is C1=CC([P+](C2C=Cc3ccccc32)(C2C=Cc3ccccc32)C2C=Cc3ccccc32)c2ccccc21.[Br-]. The fourth-order valence-corrected chi connectivity index (χ4v) is 14.0. The number of hydrogen-bond acceptors (Lipinski definition) is 0. The molecular weight excluding hydrogens is 543 g/mol. The van der Waals surface area contributed by atoms with Crippen LogP contribution < -0.4 is 17.0 Å². The van der Waals surface area contributed by atoms with Crippen LogP contribution in [0.5, 0.6) is 0 Å². The molecule has 0 fully saturated rings. The van der Waals surface area contributed by atoms with Crippen LogP contribution in [0.25, 0.3) is 24.3 Å². The van der Waals surface area contributed by atoms with E-state index in [0.717, 1.165) is 0 Å². The van der Waals surface area contributed by atoms with Gasteiger partial charge in [-0.15, -0.1) is 0 Å². The van der Waals surface area contributed by atoms with Crippen LogP contribution >= 0.6 is 7.26 Å². The number of rotatable bonds is 4. The Bertz CT molecular complexity index is 1420. The van der Waals surface area contributed by atoms with Crippen LogP contribution in [0.15, 0.2) is 121 Å². The average Bonchev–Trinajstić information content (AvgIpc) is 3.75. The Morgan fingerprint density at radius 1 is 0.342 bits per heavy atom. The Labute approximate surface area is 236 Å². The second kappa shape index (κ2) is 9.19. The van der Waals surface area contributed by atoms with Gasteiger partial charge in [-0.3, -0.25) is 0 Å². The summed E-state index contributed by atoms with van der Waals surface area (Å²) in [5.74, 6) is 0. The van der Waals surface area contributed by atoms with Crippen molar-refractivity contribution in [1.29, 1.82) is 0 Å². The van der Waals surface area contributed by atoms with Gasteiger partial charge in [0.15, 0.2) is 0 Å². The van der Waals surface area contributed by atoms with Gasteiger partial charge in [-0.25, -0.2) is 0 Å². The Balaban J connectivity index is 0.00000242. The largest absolute Gasteiger partial charge is 1.00 e. The molecule has 184 valence electrons. The van der Waals surface area contributed by atoms with E-state index in [-0.39, 0.29) is 17.0 Å². The van der Waals surface area contributed by atoms with Crippen molar-refractivity contribution in [2.45, 2.75) is 22.6 Å². The van der Waals surface area contributed by atoms with Crippen LogP contribution in [0, 0.1) is 0 Å². The summed E-state index contributed by atoms with van der Waals surface area (Å²) in [5, 5.41) is 0. The van der Waals surface area contributed by atoms with E-state index in [2.05, 4.69) is 146 Å². The van der Waals surface area contributed by atoms with Crippen molar-refractivity contribution in [3.8, 4) is 0 Å². The smallest absolute Gasteiger partial charge is 0.116 e. The third-order valence-electron chi connectivity index (χ3n) is 9.02. The molecular formula is C36H28BrP. The van der Waals surface area contributed by atoms with Gasteiger partial charge < -0.3 is 17.0 Å². The Kier molecular flexibility index (Phi) is 5.77. The molecule has 0 amide bonds. The molecule has 0 heterocycles. The highest BCUT2D eigenvalue weighted by molar-refractivity contribution is 7.78. The minimum Gasteiger partial charge on any atom is -1.00 e. The molecule has 4 aromatic carbocycles. The van der Waals surface area contributed by atoms with E-state index < -0.39 is 7.26 Å². The van der Waals surface area contributed by atoms with E-state index in [1.54, 1.807) is 0 Å². The van der Waals surface area contributed by atoms with Gasteiger partial charge in [0.2, 0.25) is 0 Å². The lowest BCUT2D eigenvalue weighted by Crippen LogP contribution is -3.00. The molecule has 2 heteroatoms. The third kappa shape index (κ3) is 3.25. The van der Waals surface area contributed by atoms with Gasteiger partial charge >= 0.3 is 0 Å². The maximum Gasteiger partial charge on any atom is 0.116 e. The Morgan fingerprint density at radius 2 is 0.579 bits per heavy atom. The first-order valence-corrected chi connectivity index (χ1v) is 15.4. The second-order valence-corrected chi connectivity index (χ2v) is 14.6. The molecule has 4 unspecified atom stereocenters. The van der Waals surface area contributed by atoms with Gasteiger partial charge in [-0.05, 0) is 46.6 Å². The van der Waals surface area contributed by atoms with Gasteiger partial charge in [-0.1, -0.05) is 121 Å². The van der Waals surface area contributed by atoms with Crippen LogP contribution in [-0.2, 0) is 0 Å². The summed E-state index contributed by atoms with van der Waals surface area (Å²) in [6.07, 6.45) is 19.9. The first-order chi connectivity index (χ1) is 18.4. The molecule has 4 atom stereocenters. The maximum absolute atomic E-state index is 2.57. The number of halogens is 1. The zero-order chi connectivity index (χ0) is 24.4. The predicted molar refractivity (Wildman–Crippen MR) is 160 cm³/mol. The molecule has 0 aliphatic heterocycles. The van der Waals surface area contributed by atoms with E-state index in [0.29, 0.717) is 22.6 Å². The summed E-state index contributed by atoms with van der Waals surface area (Å²) in [6, 6.07) is 36.5. The summed E-state index contributed by atoms with van der Waals surface area (Å²) < 4.78 is 0. The Morgan fingerprint density at radius 3 is 0.842 bits per heavy atom. The minimum atomic E-state index is -1.96. The molecule has 0 saturated carbocycles. The highest BCUT2D eigenvalue weighted by Gasteiger charge is 2.64. The monoisotopic (exact) mass is 570 g/mol. The van der Waals surface area contributed by atoms with Crippen molar-refractivity contribution in [1.82, 2.24) is 0 Å². The van der Waals surface area contributed by atoms with Crippen LogP contribution in [0.2, 0.25) is 0 Å². The zero-order valence-electron chi connectivity index (χ0n) is 21.0. The lowest BCUT2D eigenvalue weighted by atomic mass is 10.1. The van der Waals surface area contributed by atoms with Crippen molar-refractivity contribution in [2.75, 3.05) is 0 Å². The van der Waals surface area contributed by atoms with Gasteiger partial charge in [0.1, 0.15) is 22.6 Å². The van der Waals surface area contributed by atoms with Crippen molar-refractivity contribution in [2.24, 2.45) is 0 Å². The molecule has 0 N–H and O–H groups in total. The first kappa shape index (κ1) is 23.8. The quantitative estimate of drug-likeness (QED) is 0.230. The van der Waals surface area contributed by atoms with E-state index in [1.165, 1.54) is 44.5 Å². The number of hydrogen-bond donors (Lipinski definition) is 0. The molecule has 0 aromatic heterocycles. The summed E-state index contributed by atoms with van der Waals surface area (Å²) in [5.41, 5.74) is 13.1. The van der Waals surface area contributed by atoms with Gasteiger partial charge in [0.05, 0.1) is 7.26 Å². The third-order valence-corrected chi connectivity index (χ3v) is 14.7. The van der Waals surface area contributed by atoms with Crippen molar-refractivity contribution >= 4 is 31.6 Å². The first-order valence-electron chi connectivity index (χ1n) is 13.3. The molecule has 0 nitrogen and oxygen atoms in total. The van der Waals surface area contributed by atoms with Crippen LogP contribution in [0.4, 0.5) is 0 Å². The van der Waals surface area contributed by atoms with E-state index in [1.807, 2.05) is 0 Å². The average molecular weight is 571 g/mol. The normalized spacial score (nSPS) is 24.4. The summed E-state index contributed by atoms with van der Waals surface area (Å²) in [7, 11) is -1.96. The van der Waals surface area contributed by atoms with Crippen molar-refractivity contribution < 1.29 is 17.0 Å². The van der Waals surface area contributed by atoms with Crippen LogP contribution in [0.3, 0.4) is 0 Å². The van der Waals surface area contributed by atoms with Crippen molar-refractivity contribution in [3.63, 3.8) is 0 Å². The minimum absolute atomic E-state index is 0. The highest BCUT2D eigenvalue weighted by Crippen LogP contribution is 2.94. The lowest BCUT2D eigenvalue weighted by molar-refractivity contribution is -0.00000684. The predicted octanol–water partition coefficient (Wildman–Crippen LogP) is 7.08. The van der Waals surface area contributed by atoms with Gasteiger partial charge in [0, 0.05) is 22.3 Å². The highest BCUT2D eigenvalue weighted by atomic mass is 79.9. The fourth-order valence-electron chi connectivity index (χ4n) is 7.52. The van der Waals surface area contributed by atoms with Gasteiger partial charge in [0.25, 0.3) is 0 Å². The van der Waals surface area contributed by atoms with E-state index in [9.17, 15) is 0 Å². The topological polar surface area (TPSA) is 0 Å². The number of benzene rings is 4. The zero-order valence-corrected chi connectivity index (χ0v) is 23.5. The van der Waals surface area contributed by atoms with Crippen molar-refractivity contribution in [3.05, 3.63) is 166 Å². The van der Waals surface area contributed by atoms with Crippen LogP contribution in [-0.4, -0.2) is 0 Å². The maximum atomic E-state index is 2.57. The molecule has 4 aliphatic carbocycles.